The number of nitrogens with zero attached hydrogens (tertiary/aromatic N) is 3. The van der Waals surface area contributed by atoms with Crippen LogP contribution in [0.2, 0.25) is 5.02 Å². The topological polar surface area (TPSA) is 123 Å². The number of imidazole rings is 1. The van der Waals surface area contributed by atoms with Gasteiger partial charge in [-0.25, -0.2) is 4.98 Å². The molecule has 0 atom stereocenters. The minimum atomic E-state index is -0.527. The fourth-order valence-electron chi connectivity index (χ4n) is 2.76. The number of carbonyl (C=O) groups excluding carboxylic acids is 1. The van der Waals surface area contributed by atoms with Crippen molar-refractivity contribution in [1.29, 1.82) is 0 Å². The molecule has 0 radical (unpaired) electrons. The number of non-ortho nitro benzene ring substituents is 1. The molecule has 2 N–H and O–H groups in total. The molecular weight excluding hydrogens is 410 g/mol. The van der Waals surface area contributed by atoms with E-state index < -0.39 is 10.8 Å². The van der Waals surface area contributed by atoms with Gasteiger partial charge in [0.1, 0.15) is 11.4 Å². The zero-order valence-electron chi connectivity index (χ0n) is 15.3. The summed E-state index contributed by atoms with van der Waals surface area (Å²) < 4.78 is 5.33. The van der Waals surface area contributed by atoms with Crippen molar-refractivity contribution in [3.63, 3.8) is 0 Å². The summed E-state index contributed by atoms with van der Waals surface area (Å²) in [6.07, 6.45) is 1.54. The van der Waals surface area contributed by atoms with Gasteiger partial charge in [-0.3, -0.25) is 19.9 Å². The molecule has 4 rings (SSSR count). The second-order valence-electron chi connectivity index (χ2n) is 6.27. The van der Waals surface area contributed by atoms with Crippen molar-refractivity contribution in [2.24, 2.45) is 0 Å². The number of anilines is 1. The first-order chi connectivity index (χ1) is 14.5. The van der Waals surface area contributed by atoms with Crippen LogP contribution in [0.1, 0.15) is 0 Å². The number of H-pyrrole nitrogens is 1. The van der Waals surface area contributed by atoms with E-state index >= 15 is 0 Å². The van der Waals surface area contributed by atoms with Crippen molar-refractivity contribution in [2.75, 3.05) is 11.9 Å². The van der Waals surface area contributed by atoms with E-state index in [2.05, 4.69) is 20.3 Å². The highest BCUT2D eigenvalue weighted by Gasteiger charge is 2.11. The number of nitrogens with one attached hydrogen (secondary N) is 2. The highest BCUT2D eigenvalue weighted by Crippen LogP contribution is 2.23. The Morgan fingerprint density at radius 3 is 2.83 bits per heavy atom. The summed E-state index contributed by atoms with van der Waals surface area (Å²) in [6.45, 7) is -0.290. The van der Waals surface area contributed by atoms with Gasteiger partial charge in [-0.1, -0.05) is 17.7 Å². The molecule has 0 bridgehead atoms. The summed E-state index contributed by atoms with van der Waals surface area (Å²) in [7, 11) is 0. The molecule has 2 aromatic heterocycles. The Hall–Kier alpha value is -3.98. The Kier molecular flexibility index (Phi) is 5.27. The van der Waals surface area contributed by atoms with Crippen LogP contribution in [0.3, 0.4) is 0 Å². The second-order valence-corrected chi connectivity index (χ2v) is 6.71. The number of fused-ring (bicyclic) bond motifs is 1. The van der Waals surface area contributed by atoms with Gasteiger partial charge in [0.05, 0.1) is 27.0 Å². The Morgan fingerprint density at radius 2 is 2.07 bits per heavy atom. The number of rotatable bonds is 6. The SMILES string of the molecule is O=C(COc1cccc([N+](=O)[O-])c1)Nc1ccc2nc(-c3ccc(Cl)cn3)[nH]c2c1. The Labute approximate surface area is 174 Å². The summed E-state index contributed by atoms with van der Waals surface area (Å²) in [5.74, 6) is 0.419. The van der Waals surface area contributed by atoms with Crippen molar-refractivity contribution in [2.45, 2.75) is 0 Å². The smallest absolute Gasteiger partial charge is 0.273 e. The van der Waals surface area contributed by atoms with E-state index in [1.54, 1.807) is 36.4 Å². The standard InChI is InChI=1S/C20H14ClN5O4/c21-12-4-6-17(22-10-12)20-24-16-7-5-13(8-18(16)25-20)23-19(27)11-30-15-3-1-2-14(9-15)26(28)29/h1-10H,11H2,(H,23,27)(H,24,25). The van der Waals surface area contributed by atoms with Crippen LogP contribution in [0.25, 0.3) is 22.6 Å². The van der Waals surface area contributed by atoms with Gasteiger partial charge in [0.15, 0.2) is 12.4 Å². The highest BCUT2D eigenvalue weighted by atomic mass is 35.5. The number of halogens is 1. The molecule has 2 heterocycles. The van der Waals surface area contributed by atoms with Gasteiger partial charge >= 0.3 is 0 Å². The molecule has 0 fully saturated rings. The average molecular weight is 424 g/mol. The van der Waals surface area contributed by atoms with E-state index in [0.29, 0.717) is 27.7 Å². The number of nitro groups is 1. The highest BCUT2D eigenvalue weighted by molar-refractivity contribution is 6.30. The number of aromatic nitrogens is 3. The van der Waals surface area contributed by atoms with Crippen LogP contribution in [0.5, 0.6) is 5.75 Å². The van der Waals surface area contributed by atoms with E-state index in [1.165, 1.54) is 24.4 Å². The first kappa shape index (κ1) is 19.3. The molecule has 30 heavy (non-hydrogen) atoms. The number of hydrogen-bond donors (Lipinski definition) is 2. The number of hydrogen-bond acceptors (Lipinski definition) is 6. The quantitative estimate of drug-likeness (QED) is 0.354. The van der Waals surface area contributed by atoms with Crippen molar-refractivity contribution < 1.29 is 14.5 Å². The van der Waals surface area contributed by atoms with Crippen LogP contribution in [0.4, 0.5) is 11.4 Å². The molecule has 0 aliphatic rings. The fourth-order valence-corrected chi connectivity index (χ4v) is 2.87. The molecule has 0 saturated carbocycles. The van der Waals surface area contributed by atoms with Crippen molar-refractivity contribution in [3.8, 4) is 17.3 Å². The van der Waals surface area contributed by atoms with Gasteiger partial charge in [0.25, 0.3) is 11.6 Å². The summed E-state index contributed by atoms with van der Waals surface area (Å²) >= 11 is 5.86. The largest absolute Gasteiger partial charge is 0.484 e. The third kappa shape index (κ3) is 4.36. The lowest BCUT2D eigenvalue weighted by Gasteiger charge is -2.07. The first-order valence-electron chi connectivity index (χ1n) is 8.77. The van der Waals surface area contributed by atoms with Crippen LogP contribution in [-0.2, 0) is 4.79 Å². The monoisotopic (exact) mass is 423 g/mol. The van der Waals surface area contributed by atoms with E-state index in [9.17, 15) is 14.9 Å². The minimum Gasteiger partial charge on any atom is -0.484 e. The van der Waals surface area contributed by atoms with Gasteiger partial charge in [-0.2, -0.15) is 0 Å². The average Bonchev–Trinajstić information content (AvgIpc) is 3.16. The summed E-state index contributed by atoms with van der Waals surface area (Å²) in [6, 6.07) is 14.4. The predicted octanol–water partition coefficient (Wildman–Crippen LogP) is 4.20. The lowest BCUT2D eigenvalue weighted by molar-refractivity contribution is -0.384. The molecule has 4 aromatic rings. The lowest BCUT2D eigenvalue weighted by Crippen LogP contribution is -2.20. The molecule has 0 spiro atoms. The summed E-state index contributed by atoms with van der Waals surface area (Å²) in [5, 5.41) is 14.1. The Bertz CT molecular complexity index is 1240. The number of amides is 1. The van der Waals surface area contributed by atoms with Gasteiger partial charge in [-0.15, -0.1) is 0 Å². The van der Waals surface area contributed by atoms with E-state index in [1.807, 2.05) is 0 Å². The maximum Gasteiger partial charge on any atom is 0.273 e. The van der Waals surface area contributed by atoms with Gasteiger partial charge < -0.3 is 15.0 Å². The van der Waals surface area contributed by atoms with Crippen LogP contribution in [0, 0.1) is 10.1 Å². The molecular formula is C20H14ClN5O4. The van der Waals surface area contributed by atoms with E-state index in [4.69, 9.17) is 16.3 Å². The van der Waals surface area contributed by atoms with E-state index in [-0.39, 0.29) is 18.0 Å². The number of carbonyl (C=O) groups is 1. The van der Waals surface area contributed by atoms with Gasteiger partial charge in [0, 0.05) is 18.0 Å². The third-order valence-corrected chi connectivity index (χ3v) is 4.36. The number of pyridine rings is 1. The zero-order valence-corrected chi connectivity index (χ0v) is 16.1. The van der Waals surface area contributed by atoms with Gasteiger partial charge in [-0.05, 0) is 36.4 Å². The first-order valence-corrected chi connectivity index (χ1v) is 9.14. The maximum absolute atomic E-state index is 12.2. The molecule has 0 aliphatic carbocycles. The number of benzene rings is 2. The molecule has 2 aromatic carbocycles. The van der Waals surface area contributed by atoms with E-state index in [0.717, 1.165) is 5.52 Å². The summed E-state index contributed by atoms with van der Waals surface area (Å²) in [5.41, 5.74) is 2.52. The number of ether oxygens (including phenoxy) is 1. The second kappa shape index (κ2) is 8.18. The molecule has 10 heteroatoms. The fraction of sp³-hybridized carbons (Fsp3) is 0.0500. The van der Waals surface area contributed by atoms with Crippen molar-refractivity contribution in [1.82, 2.24) is 15.0 Å². The molecule has 0 aliphatic heterocycles. The molecule has 0 saturated heterocycles. The van der Waals surface area contributed by atoms with Crippen LogP contribution >= 0.6 is 11.6 Å². The third-order valence-electron chi connectivity index (χ3n) is 4.13. The zero-order chi connectivity index (χ0) is 21.1. The van der Waals surface area contributed by atoms with Gasteiger partial charge in [0.2, 0.25) is 0 Å². The Morgan fingerprint density at radius 1 is 1.20 bits per heavy atom. The molecule has 9 nitrogen and oxygen atoms in total. The van der Waals surface area contributed by atoms with Crippen LogP contribution < -0.4 is 10.1 Å². The molecule has 1 amide bonds. The predicted molar refractivity (Wildman–Crippen MR) is 112 cm³/mol. The van der Waals surface area contributed by atoms with Crippen molar-refractivity contribution >= 4 is 39.9 Å². The number of nitro benzene ring substituents is 1. The minimum absolute atomic E-state index is 0.108. The normalized spacial score (nSPS) is 10.7. The maximum atomic E-state index is 12.2. The summed E-state index contributed by atoms with van der Waals surface area (Å²) in [4.78, 5) is 34.3. The molecule has 0 unspecified atom stereocenters. The van der Waals surface area contributed by atoms with Crippen molar-refractivity contribution in [3.05, 3.63) is 75.9 Å². The lowest BCUT2D eigenvalue weighted by atomic mass is 10.3. The Balaban J connectivity index is 1.43. The van der Waals surface area contributed by atoms with Crippen LogP contribution in [-0.4, -0.2) is 32.4 Å². The molecule has 150 valence electrons. The van der Waals surface area contributed by atoms with Crippen LogP contribution in [0.15, 0.2) is 60.8 Å². The number of aromatic amines is 1.